The molecule has 0 N–H and O–H groups in total. The zero-order valence-corrected chi connectivity index (χ0v) is 11.0. The highest BCUT2D eigenvalue weighted by Crippen LogP contribution is 2.44. The third-order valence-corrected chi connectivity index (χ3v) is 4.46. The van der Waals surface area contributed by atoms with Crippen LogP contribution in [0.1, 0.15) is 67.2 Å². The highest BCUT2D eigenvalue weighted by Gasteiger charge is 2.33. The van der Waals surface area contributed by atoms with Crippen LogP contribution >= 0.6 is 0 Å². The highest BCUT2D eigenvalue weighted by molar-refractivity contribution is 4.84. The van der Waals surface area contributed by atoms with E-state index in [4.69, 9.17) is 0 Å². The van der Waals surface area contributed by atoms with Gasteiger partial charge in [-0.1, -0.05) is 41.5 Å². The second-order valence-electron chi connectivity index (χ2n) is 7.16. The SMILES string of the molecule is CC(C1CCC(C)(C)CC1)C(C)(C)C. The normalized spacial score (nSPS) is 26.1. The molecule has 0 aromatic heterocycles. The minimum Gasteiger partial charge on any atom is -0.0617 e. The Hall–Kier alpha value is 0. The van der Waals surface area contributed by atoms with Crippen molar-refractivity contribution in [2.45, 2.75) is 67.2 Å². The Kier molecular flexibility index (Phi) is 3.33. The van der Waals surface area contributed by atoms with Gasteiger partial charge in [-0.15, -0.1) is 0 Å². The Labute approximate surface area is 90.5 Å². The zero-order chi connectivity index (χ0) is 11.0. The first-order chi connectivity index (χ1) is 6.22. The Balaban J connectivity index is 2.50. The van der Waals surface area contributed by atoms with Gasteiger partial charge in [-0.3, -0.25) is 0 Å². The molecule has 1 aliphatic rings. The van der Waals surface area contributed by atoms with Crippen molar-refractivity contribution in [2.24, 2.45) is 22.7 Å². The lowest BCUT2D eigenvalue weighted by molar-refractivity contribution is 0.0958. The quantitative estimate of drug-likeness (QED) is 0.560. The Bertz CT molecular complexity index is 173. The van der Waals surface area contributed by atoms with E-state index >= 15 is 0 Å². The van der Waals surface area contributed by atoms with Crippen LogP contribution in [0.3, 0.4) is 0 Å². The molecule has 0 aromatic rings. The van der Waals surface area contributed by atoms with Crippen LogP contribution < -0.4 is 0 Å². The maximum Gasteiger partial charge on any atom is -0.0354 e. The first-order valence-electron chi connectivity index (χ1n) is 6.22. The fourth-order valence-electron chi connectivity index (χ4n) is 2.63. The van der Waals surface area contributed by atoms with Crippen molar-refractivity contribution < 1.29 is 0 Å². The average molecular weight is 196 g/mol. The highest BCUT2D eigenvalue weighted by atomic mass is 14.4. The monoisotopic (exact) mass is 196 g/mol. The average Bonchev–Trinajstić information content (AvgIpc) is 2.01. The summed E-state index contributed by atoms with van der Waals surface area (Å²) in [5.74, 6) is 1.85. The molecule has 1 saturated carbocycles. The third kappa shape index (κ3) is 3.00. The first-order valence-corrected chi connectivity index (χ1v) is 6.22. The maximum atomic E-state index is 2.45. The molecule has 1 unspecified atom stereocenters. The topological polar surface area (TPSA) is 0 Å². The van der Waals surface area contributed by atoms with Gasteiger partial charge in [0.25, 0.3) is 0 Å². The summed E-state index contributed by atoms with van der Waals surface area (Å²) in [6.45, 7) is 14.4. The van der Waals surface area contributed by atoms with Crippen molar-refractivity contribution in [1.29, 1.82) is 0 Å². The summed E-state index contributed by atoms with van der Waals surface area (Å²) in [4.78, 5) is 0. The minimum atomic E-state index is 0.492. The van der Waals surface area contributed by atoms with Gasteiger partial charge in [0.2, 0.25) is 0 Å². The summed E-state index contributed by atoms with van der Waals surface area (Å²) in [5.41, 5.74) is 1.11. The standard InChI is InChI=1S/C14H28/c1-11(13(2,3)4)12-7-9-14(5,6)10-8-12/h11-12H,7-10H2,1-6H3. The summed E-state index contributed by atoms with van der Waals surface area (Å²) in [7, 11) is 0. The van der Waals surface area contributed by atoms with E-state index in [9.17, 15) is 0 Å². The van der Waals surface area contributed by atoms with Crippen LogP contribution in [0.25, 0.3) is 0 Å². The van der Waals surface area contributed by atoms with Crippen LogP contribution in [0.15, 0.2) is 0 Å². The molecule has 1 aliphatic carbocycles. The summed E-state index contributed by atoms with van der Waals surface area (Å²) in [6.07, 6.45) is 5.76. The summed E-state index contributed by atoms with van der Waals surface area (Å²) in [6, 6.07) is 0. The van der Waals surface area contributed by atoms with E-state index < -0.39 is 0 Å². The van der Waals surface area contributed by atoms with Crippen molar-refractivity contribution in [3.05, 3.63) is 0 Å². The molecule has 0 saturated heterocycles. The van der Waals surface area contributed by atoms with Gasteiger partial charge in [-0.05, 0) is 48.3 Å². The van der Waals surface area contributed by atoms with Crippen molar-refractivity contribution in [3.63, 3.8) is 0 Å². The summed E-state index contributed by atoms with van der Waals surface area (Å²) in [5, 5.41) is 0. The fraction of sp³-hybridized carbons (Fsp3) is 1.00. The zero-order valence-electron chi connectivity index (χ0n) is 11.0. The van der Waals surface area contributed by atoms with E-state index in [-0.39, 0.29) is 0 Å². The van der Waals surface area contributed by atoms with E-state index in [1.54, 1.807) is 0 Å². The molecule has 0 heterocycles. The predicted octanol–water partition coefficient (Wildman–Crippen LogP) is 4.89. The molecule has 0 heteroatoms. The summed E-state index contributed by atoms with van der Waals surface area (Å²) < 4.78 is 0. The van der Waals surface area contributed by atoms with E-state index in [0.29, 0.717) is 10.8 Å². The Morgan fingerprint density at radius 2 is 1.50 bits per heavy atom. The van der Waals surface area contributed by atoms with Gasteiger partial charge in [0.15, 0.2) is 0 Å². The lowest BCUT2D eigenvalue weighted by Crippen LogP contribution is -2.31. The van der Waals surface area contributed by atoms with E-state index in [2.05, 4.69) is 41.5 Å². The second kappa shape index (κ2) is 3.87. The molecule has 0 radical (unpaired) electrons. The molecular formula is C14H28. The van der Waals surface area contributed by atoms with Crippen LogP contribution in [0.5, 0.6) is 0 Å². The Morgan fingerprint density at radius 1 is 1.07 bits per heavy atom. The predicted molar refractivity (Wildman–Crippen MR) is 64.4 cm³/mol. The molecular weight excluding hydrogens is 168 g/mol. The fourth-order valence-corrected chi connectivity index (χ4v) is 2.63. The van der Waals surface area contributed by atoms with E-state index in [1.165, 1.54) is 25.7 Å². The number of rotatable bonds is 1. The molecule has 0 amide bonds. The van der Waals surface area contributed by atoms with Crippen LogP contribution in [-0.4, -0.2) is 0 Å². The lowest BCUT2D eigenvalue weighted by atomic mass is 9.64. The van der Waals surface area contributed by atoms with Crippen LogP contribution in [0.2, 0.25) is 0 Å². The molecule has 0 nitrogen and oxygen atoms in total. The van der Waals surface area contributed by atoms with Crippen molar-refractivity contribution >= 4 is 0 Å². The maximum absolute atomic E-state index is 2.45. The largest absolute Gasteiger partial charge is 0.0617 e. The molecule has 1 atom stereocenters. The number of hydrogen-bond donors (Lipinski definition) is 0. The van der Waals surface area contributed by atoms with Gasteiger partial charge >= 0.3 is 0 Å². The van der Waals surface area contributed by atoms with Gasteiger partial charge in [-0.2, -0.15) is 0 Å². The van der Waals surface area contributed by atoms with Crippen LogP contribution in [0.4, 0.5) is 0 Å². The molecule has 14 heavy (non-hydrogen) atoms. The minimum absolute atomic E-state index is 0.492. The second-order valence-corrected chi connectivity index (χ2v) is 7.16. The van der Waals surface area contributed by atoms with Crippen molar-refractivity contribution in [2.75, 3.05) is 0 Å². The van der Waals surface area contributed by atoms with Crippen LogP contribution in [0, 0.1) is 22.7 Å². The van der Waals surface area contributed by atoms with E-state index in [0.717, 1.165) is 11.8 Å². The van der Waals surface area contributed by atoms with Gasteiger partial charge in [0.05, 0.1) is 0 Å². The molecule has 0 aromatic carbocycles. The van der Waals surface area contributed by atoms with Gasteiger partial charge in [0, 0.05) is 0 Å². The van der Waals surface area contributed by atoms with Gasteiger partial charge in [0.1, 0.15) is 0 Å². The first kappa shape index (κ1) is 12.1. The molecule has 0 spiro atoms. The number of hydrogen-bond acceptors (Lipinski definition) is 0. The van der Waals surface area contributed by atoms with E-state index in [1.807, 2.05) is 0 Å². The molecule has 0 bridgehead atoms. The van der Waals surface area contributed by atoms with Crippen molar-refractivity contribution in [3.8, 4) is 0 Å². The summed E-state index contributed by atoms with van der Waals surface area (Å²) >= 11 is 0. The molecule has 1 fully saturated rings. The van der Waals surface area contributed by atoms with Crippen LogP contribution in [-0.2, 0) is 0 Å². The Morgan fingerprint density at radius 3 is 1.86 bits per heavy atom. The van der Waals surface area contributed by atoms with Gasteiger partial charge in [-0.25, -0.2) is 0 Å². The lowest BCUT2D eigenvalue weighted by Gasteiger charge is -2.41. The molecule has 0 aliphatic heterocycles. The smallest absolute Gasteiger partial charge is 0.0354 e. The molecule has 1 rings (SSSR count). The van der Waals surface area contributed by atoms with Crippen molar-refractivity contribution in [1.82, 2.24) is 0 Å². The molecule has 84 valence electrons. The third-order valence-electron chi connectivity index (χ3n) is 4.46. The van der Waals surface area contributed by atoms with Gasteiger partial charge < -0.3 is 0 Å².